The molecule has 1 aliphatic rings. The minimum absolute atomic E-state index is 0.620. The molecule has 0 saturated carbocycles. The molecule has 2 nitrogen and oxygen atoms in total. The summed E-state index contributed by atoms with van der Waals surface area (Å²) in [5, 5.41) is 10.7. The smallest absolute Gasteiger partial charge is 0.327 e. The summed E-state index contributed by atoms with van der Waals surface area (Å²) in [6, 6.07) is 0. The average molecular weight is 168 g/mol. The lowest BCUT2D eigenvalue weighted by Crippen LogP contribution is -2.32. The number of carboxylic acid groups (broad SMARTS) is 1. The Balaban J connectivity index is 3.01. The Kier molecular flexibility index (Phi) is 1.76. The quantitative estimate of drug-likeness (QED) is 0.606. The third kappa shape index (κ3) is 1.16. The first-order valence-electron chi connectivity index (χ1n) is 3.59. The highest BCUT2D eigenvalue weighted by Gasteiger charge is 2.35. The maximum Gasteiger partial charge on any atom is 0.327 e. The fraction of sp³-hybridized carbons (Fsp3) is 0.375. The molecule has 0 aromatic heterocycles. The summed E-state index contributed by atoms with van der Waals surface area (Å²) < 4.78 is 0. The summed E-state index contributed by atoms with van der Waals surface area (Å²) in [5.74, 6) is -0.755. The molecule has 1 N–H and O–H groups in total. The van der Waals surface area contributed by atoms with E-state index in [-0.39, 0.29) is 0 Å². The van der Waals surface area contributed by atoms with Gasteiger partial charge < -0.3 is 5.11 Å². The number of carbonyl (C=O) groups is 1. The van der Waals surface area contributed by atoms with E-state index in [1.165, 1.54) is 5.20 Å². The fourth-order valence-corrected chi connectivity index (χ4v) is 3.14. The number of carboxylic acids is 1. The van der Waals surface area contributed by atoms with Gasteiger partial charge in [0.2, 0.25) is 0 Å². The van der Waals surface area contributed by atoms with Crippen LogP contribution in [0.4, 0.5) is 0 Å². The van der Waals surface area contributed by atoms with Crippen molar-refractivity contribution in [2.45, 2.75) is 20.0 Å². The van der Waals surface area contributed by atoms with Crippen molar-refractivity contribution in [3.8, 4) is 0 Å². The molecule has 0 fully saturated rings. The lowest BCUT2D eigenvalue weighted by atomic mass is 10.4. The van der Waals surface area contributed by atoms with E-state index in [1.807, 2.05) is 13.0 Å². The predicted molar refractivity (Wildman–Crippen MR) is 47.0 cm³/mol. The van der Waals surface area contributed by atoms with Crippen molar-refractivity contribution >= 4 is 14.0 Å². The molecule has 60 valence electrons. The van der Waals surface area contributed by atoms with Gasteiger partial charge in [0.15, 0.2) is 0 Å². The van der Waals surface area contributed by atoms with Gasteiger partial charge in [-0.2, -0.15) is 0 Å². The van der Waals surface area contributed by atoms with Crippen LogP contribution in [0.25, 0.3) is 0 Å². The predicted octanol–water partition coefficient (Wildman–Crippen LogP) is 1.74. The maximum absolute atomic E-state index is 10.7. The molecule has 1 heterocycles. The molecular weight excluding hydrogens is 156 g/mol. The van der Waals surface area contributed by atoms with Gasteiger partial charge in [0.1, 0.15) is 8.07 Å². The molecule has 0 aromatic carbocycles. The van der Waals surface area contributed by atoms with E-state index in [4.69, 9.17) is 5.11 Å². The standard InChI is InChI=1S/C8H12O2Si/c1-6-4-5-7(8(9)10)11(6,2)3/h4-5H,1-3H3,(H,9,10). The van der Waals surface area contributed by atoms with Gasteiger partial charge in [-0.25, -0.2) is 4.79 Å². The molecule has 1 aliphatic heterocycles. The van der Waals surface area contributed by atoms with Crippen LogP contribution < -0.4 is 0 Å². The van der Waals surface area contributed by atoms with Crippen LogP contribution in [0.3, 0.4) is 0 Å². The van der Waals surface area contributed by atoms with Crippen molar-refractivity contribution in [3.63, 3.8) is 0 Å². The number of hydrogen-bond donors (Lipinski definition) is 1. The van der Waals surface area contributed by atoms with Crippen molar-refractivity contribution in [3.05, 3.63) is 22.5 Å². The van der Waals surface area contributed by atoms with E-state index in [2.05, 4.69) is 13.1 Å². The lowest BCUT2D eigenvalue weighted by molar-refractivity contribution is -0.131. The van der Waals surface area contributed by atoms with E-state index >= 15 is 0 Å². The third-order valence-electron chi connectivity index (χ3n) is 2.39. The monoisotopic (exact) mass is 168 g/mol. The van der Waals surface area contributed by atoms with E-state index in [0.29, 0.717) is 5.20 Å². The average Bonchev–Trinajstić information content (AvgIpc) is 2.08. The van der Waals surface area contributed by atoms with Gasteiger partial charge in [-0.3, -0.25) is 0 Å². The van der Waals surface area contributed by atoms with Crippen LogP contribution in [0.2, 0.25) is 13.1 Å². The Bertz CT molecular complexity index is 261. The summed E-state index contributed by atoms with van der Waals surface area (Å²) in [5.41, 5.74) is 0. The first-order chi connectivity index (χ1) is 4.96. The highest BCUT2D eigenvalue weighted by atomic mass is 28.3. The number of rotatable bonds is 1. The molecule has 0 saturated heterocycles. The van der Waals surface area contributed by atoms with Crippen LogP contribution in [0.1, 0.15) is 6.92 Å². The zero-order chi connectivity index (χ0) is 8.65. The van der Waals surface area contributed by atoms with Crippen LogP contribution >= 0.6 is 0 Å². The van der Waals surface area contributed by atoms with Crippen molar-refractivity contribution < 1.29 is 9.90 Å². The largest absolute Gasteiger partial charge is 0.478 e. The number of aliphatic carboxylic acids is 1. The molecule has 0 atom stereocenters. The molecule has 0 unspecified atom stereocenters. The number of allylic oxidation sites excluding steroid dienone is 3. The Labute approximate surface area is 67.2 Å². The number of hydrogen-bond acceptors (Lipinski definition) is 1. The summed E-state index contributed by atoms with van der Waals surface area (Å²) >= 11 is 0. The van der Waals surface area contributed by atoms with Gasteiger partial charge in [0, 0.05) is 5.20 Å². The molecule has 0 spiro atoms. The van der Waals surface area contributed by atoms with E-state index < -0.39 is 14.0 Å². The van der Waals surface area contributed by atoms with Crippen LogP contribution in [0, 0.1) is 0 Å². The summed E-state index contributed by atoms with van der Waals surface area (Å²) in [4.78, 5) is 10.7. The molecule has 0 aromatic rings. The maximum atomic E-state index is 10.7. The van der Waals surface area contributed by atoms with Crippen molar-refractivity contribution in [2.75, 3.05) is 0 Å². The highest BCUT2D eigenvalue weighted by Crippen LogP contribution is 2.28. The molecule has 0 radical (unpaired) electrons. The molecule has 0 aliphatic carbocycles. The van der Waals surface area contributed by atoms with Crippen LogP contribution in [-0.2, 0) is 4.79 Å². The second-order valence-electron chi connectivity index (χ2n) is 3.36. The molecular formula is C8H12O2Si. The summed E-state index contributed by atoms with van der Waals surface area (Å²) in [6.07, 6.45) is 3.67. The molecule has 1 rings (SSSR count). The van der Waals surface area contributed by atoms with Gasteiger partial charge in [-0.15, -0.1) is 0 Å². The zero-order valence-corrected chi connectivity index (χ0v) is 8.01. The lowest BCUT2D eigenvalue weighted by Gasteiger charge is -2.19. The zero-order valence-electron chi connectivity index (χ0n) is 7.01. The Morgan fingerprint density at radius 1 is 1.45 bits per heavy atom. The minimum atomic E-state index is -1.71. The molecule has 3 heteroatoms. The Morgan fingerprint density at radius 2 is 2.00 bits per heavy atom. The molecule has 11 heavy (non-hydrogen) atoms. The van der Waals surface area contributed by atoms with E-state index in [9.17, 15) is 4.79 Å². The van der Waals surface area contributed by atoms with Crippen LogP contribution in [-0.4, -0.2) is 19.1 Å². The van der Waals surface area contributed by atoms with E-state index in [0.717, 1.165) is 0 Å². The summed E-state index contributed by atoms with van der Waals surface area (Å²) in [6.45, 7) is 6.14. The molecule has 0 amide bonds. The molecule has 0 bridgehead atoms. The Morgan fingerprint density at radius 3 is 2.18 bits per heavy atom. The first-order valence-corrected chi connectivity index (χ1v) is 6.59. The van der Waals surface area contributed by atoms with Gasteiger partial charge in [-0.1, -0.05) is 30.4 Å². The van der Waals surface area contributed by atoms with Gasteiger partial charge in [0.25, 0.3) is 0 Å². The topological polar surface area (TPSA) is 37.3 Å². The summed E-state index contributed by atoms with van der Waals surface area (Å²) in [7, 11) is -1.71. The third-order valence-corrected chi connectivity index (χ3v) is 6.26. The van der Waals surface area contributed by atoms with Crippen molar-refractivity contribution in [2.24, 2.45) is 0 Å². The van der Waals surface area contributed by atoms with Crippen molar-refractivity contribution in [1.29, 1.82) is 0 Å². The SMILES string of the molecule is CC1=CC=C(C(=O)O)[Si]1(C)C. The fourth-order valence-electron chi connectivity index (χ4n) is 1.18. The van der Waals surface area contributed by atoms with Gasteiger partial charge in [0.05, 0.1) is 0 Å². The normalized spacial score (nSPS) is 21.0. The van der Waals surface area contributed by atoms with E-state index in [1.54, 1.807) is 6.08 Å². The van der Waals surface area contributed by atoms with Gasteiger partial charge in [-0.05, 0) is 6.92 Å². The second kappa shape index (κ2) is 2.34. The first kappa shape index (κ1) is 8.27. The Hall–Kier alpha value is -0.833. The second-order valence-corrected chi connectivity index (χ2v) is 7.94. The van der Waals surface area contributed by atoms with Crippen LogP contribution in [0.5, 0.6) is 0 Å². The highest BCUT2D eigenvalue weighted by molar-refractivity contribution is 6.94. The minimum Gasteiger partial charge on any atom is -0.478 e. The van der Waals surface area contributed by atoms with Gasteiger partial charge >= 0.3 is 5.97 Å². The van der Waals surface area contributed by atoms with Crippen molar-refractivity contribution in [1.82, 2.24) is 0 Å². The van der Waals surface area contributed by atoms with Crippen LogP contribution in [0.15, 0.2) is 22.5 Å².